The van der Waals surface area contributed by atoms with Gasteiger partial charge in [0.25, 0.3) is 0 Å². The van der Waals surface area contributed by atoms with Gasteiger partial charge in [-0.2, -0.15) is 5.10 Å². The Hall–Kier alpha value is -2.34. The zero-order valence-corrected chi connectivity index (χ0v) is 15.0. The molecule has 1 aromatic carbocycles. The minimum Gasteiger partial charge on any atom is -0.371 e. The van der Waals surface area contributed by atoms with Gasteiger partial charge in [0.1, 0.15) is 0 Å². The van der Waals surface area contributed by atoms with Crippen molar-refractivity contribution in [1.29, 1.82) is 0 Å². The number of aryl methyl sites for hydroxylation is 1. The Bertz CT molecular complexity index is 705. The highest BCUT2D eigenvalue weighted by atomic mass is 16.1. The molecule has 1 atom stereocenters. The van der Waals surface area contributed by atoms with Gasteiger partial charge in [0.2, 0.25) is 5.91 Å². The summed E-state index contributed by atoms with van der Waals surface area (Å²) < 4.78 is 1.84. The highest BCUT2D eigenvalue weighted by Gasteiger charge is 2.14. The zero-order chi connectivity index (χ0) is 17.6. The third kappa shape index (κ3) is 4.82. The summed E-state index contributed by atoms with van der Waals surface area (Å²) in [5, 5.41) is 10.5. The average Bonchev–Trinajstić information content (AvgIpc) is 3.25. The molecule has 0 saturated carbocycles. The Morgan fingerprint density at radius 1 is 1.28 bits per heavy atom. The van der Waals surface area contributed by atoms with Crippen LogP contribution >= 0.6 is 0 Å². The van der Waals surface area contributed by atoms with Crippen molar-refractivity contribution in [3.8, 4) is 0 Å². The van der Waals surface area contributed by atoms with Crippen molar-refractivity contribution < 1.29 is 4.79 Å². The Morgan fingerprint density at radius 2 is 2.08 bits per heavy atom. The van der Waals surface area contributed by atoms with E-state index in [0.29, 0.717) is 13.0 Å². The number of nitrogens with one attached hydrogen (secondary N) is 2. The van der Waals surface area contributed by atoms with Crippen LogP contribution in [0.3, 0.4) is 0 Å². The van der Waals surface area contributed by atoms with Crippen molar-refractivity contribution in [2.75, 3.05) is 23.3 Å². The van der Waals surface area contributed by atoms with E-state index >= 15 is 0 Å². The van der Waals surface area contributed by atoms with Crippen LogP contribution in [0.1, 0.15) is 31.9 Å². The topological polar surface area (TPSA) is 62.2 Å². The molecule has 2 N–H and O–H groups in total. The van der Waals surface area contributed by atoms with E-state index < -0.39 is 0 Å². The van der Waals surface area contributed by atoms with Gasteiger partial charge >= 0.3 is 0 Å². The highest BCUT2D eigenvalue weighted by molar-refractivity contribution is 5.91. The van der Waals surface area contributed by atoms with Gasteiger partial charge in [0, 0.05) is 56.7 Å². The molecule has 1 aliphatic heterocycles. The number of aromatic nitrogens is 2. The Labute approximate surface area is 149 Å². The molecule has 2 aromatic rings. The first-order valence-electron chi connectivity index (χ1n) is 8.97. The molecule has 1 fully saturated rings. The van der Waals surface area contributed by atoms with Gasteiger partial charge in [-0.15, -0.1) is 0 Å². The summed E-state index contributed by atoms with van der Waals surface area (Å²) in [7, 11) is 1.92. The molecule has 25 heavy (non-hydrogen) atoms. The molecule has 134 valence electrons. The van der Waals surface area contributed by atoms with E-state index in [4.69, 9.17) is 0 Å². The number of benzene rings is 1. The Balaban J connectivity index is 1.48. The molecule has 1 aliphatic rings. The van der Waals surface area contributed by atoms with E-state index in [1.165, 1.54) is 18.5 Å². The molecular weight excluding hydrogens is 314 g/mol. The van der Waals surface area contributed by atoms with Gasteiger partial charge in [-0.3, -0.25) is 9.48 Å². The normalized spacial score (nSPS) is 15.4. The first kappa shape index (κ1) is 17.5. The minimum atomic E-state index is 0.0311. The van der Waals surface area contributed by atoms with E-state index in [1.807, 2.05) is 36.9 Å². The van der Waals surface area contributed by atoms with Gasteiger partial charge < -0.3 is 15.5 Å². The third-order valence-electron chi connectivity index (χ3n) is 4.65. The van der Waals surface area contributed by atoms with Crippen LogP contribution in [0.4, 0.5) is 11.4 Å². The largest absolute Gasteiger partial charge is 0.371 e. The summed E-state index contributed by atoms with van der Waals surface area (Å²) in [6.07, 6.45) is 4.71. The highest BCUT2D eigenvalue weighted by Crippen LogP contribution is 2.23. The van der Waals surface area contributed by atoms with Crippen LogP contribution in [0, 0.1) is 0 Å². The molecule has 1 saturated heterocycles. The van der Waals surface area contributed by atoms with Crippen molar-refractivity contribution >= 4 is 17.3 Å². The number of hydrogen-bond donors (Lipinski definition) is 2. The fourth-order valence-electron chi connectivity index (χ4n) is 3.17. The van der Waals surface area contributed by atoms with E-state index in [0.717, 1.165) is 24.5 Å². The molecule has 3 rings (SSSR count). The van der Waals surface area contributed by atoms with Crippen LogP contribution in [0.5, 0.6) is 0 Å². The number of amides is 1. The lowest BCUT2D eigenvalue weighted by Crippen LogP contribution is -2.30. The standard InChI is InChI=1S/C19H27N5O/c1-15(20-14-18-8-9-21-23(18)2)12-19(25)22-16-6-5-7-17(13-16)24-10-3-4-11-24/h5-9,13,15,20H,3-4,10-12,14H2,1-2H3,(H,22,25). The number of hydrogen-bond acceptors (Lipinski definition) is 4. The van der Waals surface area contributed by atoms with Gasteiger partial charge in [0.15, 0.2) is 0 Å². The summed E-state index contributed by atoms with van der Waals surface area (Å²) in [5.41, 5.74) is 3.16. The lowest BCUT2D eigenvalue weighted by atomic mass is 10.2. The molecule has 0 aliphatic carbocycles. The molecule has 0 bridgehead atoms. The molecule has 1 unspecified atom stereocenters. The molecule has 0 spiro atoms. The number of carbonyl (C=O) groups is 1. The maximum absolute atomic E-state index is 12.3. The predicted molar refractivity (Wildman–Crippen MR) is 101 cm³/mol. The second-order valence-electron chi connectivity index (χ2n) is 6.72. The summed E-state index contributed by atoms with van der Waals surface area (Å²) in [6.45, 7) is 4.94. The van der Waals surface area contributed by atoms with Crippen LogP contribution in [0.2, 0.25) is 0 Å². The monoisotopic (exact) mass is 341 g/mol. The van der Waals surface area contributed by atoms with Gasteiger partial charge in [-0.05, 0) is 44.0 Å². The second-order valence-corrected chi connectivity index (χ2v) is 6.72. The van der Waals surface area contributed by atoms with Crippen LogP contribution in [-0.2, 0) is 18.4 Å². The van der Waals surface area contributed by atoms with Crippen LogP contribution < -0.4 is 15.5 Å². The summed E-state index contributed by atoms with van der Waals surface area (Å²) in [6, 6.07) is 10.2. The molecule has 1 amide bonds. The summed E-state index contributed by atoms with van der Waals surface area (Å²) in [5.74, 6) is 0.0311. The van der Waals surface area contributed by atoms with Crippen LogP contribution in [-0.4, -0.2) is 34.8 Å². The first-order valence-corrected chi connectivity index (χ1v) is 8.97. The molecule has 2 heterocycles. The first-order chi connectivity index (χ1) is 12.1. The minimum absolute atomic E-state index is 0.0311. The second kappa shape index (κ2) is 8.16. The lowest BCUT2D eigenvalue weighted by molar-refractivity contribution is -0.116. The average molecular weight is 341 g/mol. The zero-order valence-electron chi connectivity index (χ0n) is 15.0. The molecule has 1 aromatic heterocycles. The predicted octanol–water partition coefficient (Wildman–Crippen LogP) is 2.53. The number of anilines is 2. The number of rotatable bonds is 7. The lowest BCUT2D eigenvalue weighted by Gasteiger charge is -2.19. The van der Waals surface area contributed by atoms with E-state index in [2.05, 4.69) is 32.8 Å². The van der Waals surface area contributed by atoms with E-state index in [9.17, 15) is 4.79 Å². The van der Waals surface area contributed by atoms with Gasteiger partial charge in [-0.25, -0.2) is 0 Å². The number of nitrogens with zero attached hydrogens (tertiary/aromatic N) is 3. The smallest absolute Gasteiger partial charge is 0.225 e. The van der Waals surface area contributed by atoms with Crippen molar-refractivity contribution in [1.82, 2.24) is 15.1 Å². The Morgan fingerprint density at radius 3 is 2.80 bits per heavy atom. The third-order valence-corrected chi connectivity index (χ3v) is 4.65. The van der Waals surface area contributed by atoms with Crippen molar-refractivity contribution in [2.24, 2.45) is 7.05 Å². The quantitative estimate of drug-likeness (QED) is 0.812. The summed E-state index contributed by atoms with van der Waals surface area (Å²) >= 11 is 0. The van der Waals surface area contributed by atoms with Gasteiger partial charge in [0.05, 0.1) is 5.69 Å². The SMILES string of the molecule is CC(CC(=O)Nc1cccc(N2CCCC2)c1)NCc1ccnn1C. The molecule has 6 nitrogen and oxygen atoms in total. The van der Waals surface area contributed by atoms with Crippen LogP contribution in [0.25, 0.3) is 0 Å². The molecule has 6 heteroatoms. The fraction of sp³-hybridized carbons (Fsp3) is 0.474. The van der Waals surface area contributed by atoms with E-state index in [1.54, 1.807) is 6.20 Å². The van der Waals surface area contributed by atoms with Crippen molar-refractivity contribution in [3.05, 3.63) is 42.2 Å². The van der Waals surface area contributed by atoms with Crippen molar-refractivity contribution in [3.63, 3.8) is 0 Å². The Kier molecular flexibility index (Phi) is 5.71. The van der Waals surface area contributed by atoms with E-state index in [-0.39, 0.29) is 11.9 Å². The maximum Gasteiger partial charge on any atom is 0.225 e. The molecule has 0 radical (unpaired) electrons. The van der Waals surface area contributed by atoms with Gasteiger partial charge in [-0.1, -0.05) is 6.07 Å². The van der Waals surface area contributed by atoms with Crippen LogP contribution in [0.15, 0.2) is 36.5 Å². The number of carbonyl (C=O) groups excluding carboxylic acids is 1. The van der Waals surface area contributed by atoms with Crippen molar-refractivity contribution in [2.45, 2.75) is 38.8 Å². The molecular formula is C19H27N5O. The maximum atomic E-state index is 12.3. The summed E-state index contributed by atoms with van der Waals surface area (Å²) in [4.78, 5) is 14.7. The fourth-order valence-corrected chi connectivity index (χ4v) is 3.17.